The van der Waals surface area contributed by atoms with Crippen molar-refractivity contribution in [2.75, 3.05) is 5.75 Å². The minimum Gasteiger partial charge on any atom is -0.337 e. The van der Waals surface area contributed by atoms with Crippen molar-refractivity contribution in [1.82, 2.24) is 20.5 Å². The van der Waals surface area contributed by atoms with Gasteiger partial charge in [0.2, 0.25) is 11.1 Å². The van der Waals surface area contributed by atoms with Gasteiger partial charge in [-0.25, -0.2) is 4.98 Å². The average Bonchev–Trinajstić information content (AvgIpc) is 3.65. The van der Waals surface area contributed by atoms with Crippen molar-refractivity contribution in [3.05, 3.63) is 60.7 Å². The molecular formula is C23H21N5OS. The zero-order valence-corrected chi connectivity index (χ0v) is 17.4. The quantitative estimate of drug-likeness (QED) is 0.584. The largest absolute Gasteiger partial charge is 0.337 e. The molecule has 1 fully saturated rings. The summed E-state index contributed by atoms with van der Waals surface area (Å²) in [6, 6.07) is 21.8. The van der Waals surface area contributed by atoms with Gasteiger partial charge in [0.25, 0.3) is 0 Å². The van der Waals surface area contributed by atoms with Crippen LogP contribution in [0.5, 0.6) is 0 Å². The van der Waals surface area contributed by atoms with Crippen LogP contribution in [0.3, 0.4) is 0 Å². The summed E-state index contributed by atoms with van der Waals surface area (Å²) in [5.41, 5.74) is 2.48. The number of nitrogens with one attached hydrogen (secondary N) is 1. The van der Waals surface area contributed by atoms with Crippen molar-refractivity contribution in [3.63, 3.8) is 0 Å². The summed E-state index contributed by atoms with van der Waals surface area (Å²) in [5, 5.41) is 21.4. The number of nitriles is 1. The van der Waals surface area contributed by atoms with Gasteiger partial charge in [0.1, 0.15) is 16.9 Å². The van der Waals surface area contributed by atoms with Crippen LogP contribution in [0.2, 0.25) is 0 Å². The zero-order valence-electron chi connectivity index (χ0n) is 16.6. The van der Waals surface area contributed by atoms with Gasteiger partial charge in [-0.3, -0.25) is 4.79 Å². The van der Waals surface area contributed by atoms with Gasteiger partial charge in [-0.2, -0.15) is 5.26 Å². The molecule has 2 aromatic carbocycles. The molecule has 1 atom stereocenters. The smallest absolute Gasteiger partial charge is 0.231 e. The molecule has 150 valence electrons. The van der Waals surface area contributed by atoms with Crippen molar-refractivity contribution in [3.8, 4) is 28.6 Å². The summed E-state index contributed by atoms with van der Waals surface area (Å²) in [6.45, 7) is 1.79. The summed E-state index contributed by atoms with van der Waals surface area (Å²) >= 11 is 1.22. The van der Waals surface area contributed by atoms with E-state index in [9.17, 15) is 10.1 Å². The Morgan fingerprint density at radius 3 is 2.23 bits per heavy atom. The minimum atomic E-state index is -0.802. The summed E-state index contributed by atoms with van der Waals surface area (Å²) in [6.07, 6.45) is 1.96. The van der Waals surface area contributed by atoms with Gasteiger partial charge in [-0.05, 0) is 25.7 Å². The molecule has 1 saturated carbocycles. The third kappa shape index (κ3) is 4.50. The first kappa shape index (κ1) is 20.0. The number of amides is 1. The number of thioether (sulfide) groups is 1. The molecule has 0 unspecified atom stereocenters. The summed E-state index contributed by atoms with van der Waals surface area (Å²) in [4.78, 5) is 17.1. The molecule has 30 heavy (non-hydrogen) atoms. The van der Waals surface area contributed by atoms with E-state index in [2.05, 4.69) is 21.6 Å². The van der Waals surface area contributed by atoms with Gasteiger partial charge in [0, 0.05) is 11.1 Å². The van der Waals surface area contributed by atoms with Crippen LogP contribution in [0.4, 0.5) is 0 Å². The highest BCUT2D eigenvalue weighted by molar-refractivity contribution is 7.99. The molecule has 6 nitrogen and oxygen atoms in total. The summed E-state index contributed by atoms with van der Waals surface area (Å²) < 4.78 is 0. The summed E-state index contributed by atoms with van der Waals surface area (Å²) in [5.74, 6) is 0.169. The Morgan fingerprint density at radius 1 is 1.07 bits per heavy atom. The van der Waals surface area contributed by atoms with Crippen LogP contribution >= 0.6 is 11.8 Å². The van der Waals surface area contributed by atoms with E-state index in [1.807, 2.05) is 60.7 Å². The molecule has 1 aliphatic rings. The van der Waals surface area contributed by atoms with Crippen LogP contribution < -0.4 is 5.32 Å². The Kier molecular flexibility index (Phi) is 5.77. The Morgan fingerprint density at radius 2 is 1.67 bits per heavy atom. The average molecular weight is 416 g/mol. The molecule has 3 aromatic rings. The minimum absolute atomic E-state index is 0.130. The van der Waals surface area contributed by atoms with Crippen LogP contribution in [0, 0.1) is 17.2 Å². The molecule has 1 aromatic heterocycles. The maximum Gasteiger partial charge on any atom is 0.231 e. The Labute approximate surface area is 179 Å². The van der Waals surface area contributed by atoms with Crippen molar-refractivity contribution in [2.24, 2.45) is 5.92 Å². The lowest BCUT2D eigenvalue weighted by Crippen LogP contribution is -2.47. The van der Waals surface area contributed by atoms with Crippen LogP contribution in [0.25, 0.3) is 22.5 Å². The van der Waals surface area contributed by atoms with E-state index in [0.29, 0.717) is 10.9 Å². The highest BCUT2D eigenvalue weighted by atomic mass is 32.2. The first-order chi connectivity index (χ1) is 14.6. The normalized spacial score (nSPS) is 15.1. The third-order valence-electron chi connectivity index (χ3n) is 5.12. The van der Waals surface area contributed by atoms with E-state index < -0.39 is 5.54 Å². The molecule has 4 rings (SSSR count). The SMILES string of the molecule is C[C@](C#N)(NC(=O)CSc1nnc(-c2ccccc2)c(-c2ccccc2)n1)C1CC1. The van der Waals surface area contributed by atoms with Crippen LogP contribution in [-0.2, 0) is 4.79 Å². The molecule has 0 aliphatic heterocycles. The fourth-order valence-corrected chi connectivity index (χ4v) is 3.88. The maximum atomic E-state index is 12.4. The van der Waals surface area contributed by atoms with Gasteiger partial charge in [-0.1, -0.05) is 72.4 Å². The van der Waals surface area contributed by atoms with Gasteiger partial charge in [0.15, 0.2) is 0 Å². The van der Waals surface area contributed by atoms with E-state index in [1.165, 1.54) is 11.8 Å². The maximum absolute atomic E-state index is 12.4. The van der Waals surface area contributed by atoms with E-state index in [4.69, 9.17) is 4.98 Å². The van der Waals surface area contributed by atoms with E-state index in [1.54, 1.807) is 6.92 Å². The lowest BCUT2D eigenvalue weighted by atomic mass is 9.98. The number of rotatable bonds is 7. The molecular weight excluding hydrogens is 394 g/mol. The molecule has 1 amide bonds. The highest BCUT2D eigenvalue weighted by Crippen LogP contribution is 2.39. The fraction of sp³-hybridized carbons (Fsp3) is 0.261. The molecule has 0 spiro atoms. The lowest BCUT2D eigenvalue weighted by Gasteiger charge is -2.22. The second kappa shape index (κ2) is 8.64. The number of hydrogen-bond acceptors (Lipinski definition) is 6. The van der Waals surface area contributed by atoms with E-state index in [-0.39, 0.29) is 17.6 Å². The van der Waals surface area contributed by atoms with Gasteiger partial charge in [0.05, 0.1) is 11.8 Å². The lowest BCUT2D eigenvalue weighted by molar-refractivity contribution is -0.119. The zero-order chi connectivity index (χ0) is 21.0. The van der Waals surface area contributed by atoms with Crippen LogP contribution in [-0.4, -0.2) is 32.4 Å². The molecule has 0 bridgehead atoms. The molecule has 1 N–H and O–H groups in total. The van der Waals surface area contributed by atoms with Gasteiger partial charge >= 0.3 is 0 Å². The highest BCUT2D eigenvalue weighted by Gasteiger charge is 2.42. The number of carbonyl (C=O) groups is 1. The Balaban J connectivity index is 1.55. The van der Waals surface area contributed by atoms with E-state index in [0.717, 1.165) is 29.7 Å². The van der Waals surface area contributed by atoms with Crippen molar-refractivity contribution < 1.29 is 4.79 Å². The topological polar surface area (TPSA) is 91.6 Å². The monoisotopic (exact) mass is 415 g/mol. The van der Waals surface area contributed by atoms with Gasteiger partial charge < -0.3 is 5.32 Å². The standard InChI is InChI=1S/C23H21N5OS/c1-23(15-24,18-12-13-18)26-19(29)14-30-22-25-20(16-8-4-2-5-9-16)21(27-28-22)17-10-6-3-7-11-17/h2-11,18H,12-14H2,1H3,(H,26,29)/t23-/m1/s1. The molecule has 1 aliphatic carbocycles. The van der Waals surface area contributed by atoms with Crippen molar-refractivity contribution in [2.45, 2.75) is 30.5 Å². The number of aromatic nitrogens is 3. The van der Waals surface area contributed by atoms with Crippen molar-refractivity contribution >= 4 is 17.7 Å². The first-order valence-electron chi connectivity index (χ1n) is 9.80. The second-order valence-corrected chi connectivity index (χ2v) is 8.39. The number of benzene rings is 2. The molecule has 7 heteroatoms. The van der Waals surface area contributed by atoms with Gasteiger partial charge in [-0.15, -0.1) is 10.2 Å². The number of nitrogens with zero attached hydrogens (tertiary/aromatic N) is 4. The van der Waals surface area contributed by atoms with Crippen LogP contribution in [0.15, 0.2) is 65.8 Å². The summed E-state index contributed by atoms with van der Waals surface area (Å²) in [7, 11) is 0. The predicted molar refractivity (Wildman–Crippen MR) is 116 cm³/mol. The fourth-order valence-electron chi connectivity index (χ4n) is 3.30. The number of carbonyl (C=O) groups excluding carboxylic acids is 1. The third-order valence-corrected chi connectivity index (χ3v) is 5.96. The Bertz CT molecular complexity index is 1080. The van der Waals surface area contributed by atoms with E-state index >= 15 is 0 Å². The molecule has 0 radical (unpaired) electrons. The predicted octanol–water partition coefficient (Wildman–Crippen LogP) is 4.11. The first-order valence-corrected chi connectivity index (χ1v) is 10.8. The van der Waals surface area contributed by atoms with Crippen LogP contribution in [0.1, 0.15) is 19.8 Å². The molecule has 1 heterocycles. The second-order valence-electron chi connectivity index (χ2n) is 7.45. The number of hydrogen-bond donors (Lipinski definition) is 1. The molecule has 0 saturated heterocycles. The Hall–Kier alpha value is -3.24. The van der Waals surface area contributed by atoms with Crippen molar-refractivity contribution in [1.29, 1.82) is 5.26 Å².